The molecule has 0 spiro atoms. The SMILES string of the molecule is CC(C)[C@H](NC(=O)[C@H](Cc1ccc(O)cc1)NC(=O)CCCCCN1C(=O)C=CC1=O)C(=O)N[C@@H](C)C(=O)N[C@@H](CC(=O)O)C(=O)Nc1ccc(COC(=O)N2C(=O)C=C[C@]3(C)[C@H]4CC[C@]5(C)[C@@H](C(=O)NC(C)(C)C)CC[C@H]5[C@@H]4CC[C@@H]23)cc1. The minimum Gasteiger partial charge on any atom is -0.508 e. The average Bonchev–Trinajstić information content (AvgIpc) is 1.32. The molecule has 0 aromatic heterocycles. The molecule has 2 heterocycles. The number of rotatable bonds is 23. The number of imide groups is 2. The summed E-state index contributed by atoms with van der Waals surface area (Å²) in [7, 11) is 0. The second-order valence-electron chi connectivity index (χ2n) is 25.1. The molecule has 0 bridgehead atoms. The van der Waals surface area contributed by atoms with E-state index in [4.69, 9.17) is 4.74 Å². The third kappa shape index (κ3) is 15.3. The number of aromatic hydroxyl groups is 1. The van der Waals surface area contributed by atoms with Crippen LogP contribution in [0.4, 0.5) is 10.5 Å². The van der Waals surface area contributed by atoms with Crippen molar-refractivity contribution in [1.82, 2.24) is 36.4 Å². The molecule has 22 nitrogen and oxygen atoms in total. The predicted molar refractivity (Wildman–Crippen MR) is 307 cm³/mol. The third-order valence-electron chi connectivity index (χ3n) is 17.7. The van der Waals surface area contributed by atoms with Gasteiger partial charge in [-0.05, 0) is 144 Å². The van der Waals surface area contributed by atoms with E-state index in [1.807, 2.05) is 26.8 Å². The number of carbonyl (C=O) groups is 11. The highest BCUT2D eigenvalue weighted by Crippen LogP contribution is 2.65. The first-order valence-corrected chi connectivity index (χ1v) is 29.2. The molecule has 10 amide bonds. The lowest BCUT2D eigenvalue weighted by atomic mass is 9.47. The topological polar surface area (TPSA) is 316 Å². The first kappa shape index (κ1) is 63.7. The van der Waals surface area contributed by atoms with Crippen molar-refractivity contribution in [3.05, 3.63) is 84.0 Å². The molecule has 3 aliphatic carbocycles. The van der Waals surface area contributed by atoms with Crippen molar-refractivity contribution in [1.29, 1.82) is 0 Å². The maximum absolute atomic E-state index is 13.9. The lowest BCUT2D eigenvalue weighted by Gasteiger charge is -2.60. The summed E-state index contributed by atoms with van der Waals surface area (Å²) in [5, 5.41) is 35.7. The molecular formula is C62H82N8O14. The number of fused-ring (bicyclic) bond motifs is 5. The molecule has 5 aliphatic rings. The summed E-state index contributed by atoms with van der Waals surface area (Å²) in [5.74, 6) is -6.05. The summed E-state index contributed by atoms with van der Waals surface area (Å²) < 4.78 is 5.76. The van der Waals surface area contributed by atoms with Gasteiger partial charge in [0.2, 0.25) is 35.4 Å². The van der Waals surface area contributed by atoms with E-state index in [0.717, 1.165) is 37.0 Å². The minimum atomic E-state index is -1.61. The Labute approximate surface area is 490 Å². The Morgan fingerprint density at radius 3 is 2.01 bits per heavy atom. The molecule has 454 valence electrons. The molecule has 8 N–H and O–H groups in total. The van der Waals surface area contributed by atoms with Gasteiger partial charge in [-0.25, -0.2) is 9.69 Å². The maximum Gasteiger partial charge on any atom is 0.417 e. The van der Waals surface area contributed by atoms with Crippen molar-refractivity contribution >= 4 is 70.9 Å². The number of hydrogen-bond donors (Lipinski definition) is 8. The zero-order valence-corrected chi connectivity index (χ0v) is 49.3. The fraction of sp³-hybridized carbons (Fsp3) is 0.565. The molecule has 3 fully saturated rings. The molecule has 84 heavy (non-hydrogen) atoms. The number of carbonyl (C=O) groups excluding carboxylic acids is 10. The van der Waals surface area contributed by atoms with E-state index in [-0.39, 0.29) is 66.1 Å². The molecular weight excluding hydrogens is 1080 g/mol. The van der Waals surface area contributed by atoms with Gasteiger partial charge in [0.1, 0.15) is 36.5 Å². The number of ether oxygens (including phenoxy) is 1. The van der Waals surface area contributed by atoms with E-state index >= 15 is 0 Å². The largest absolute Gasteiger partial charge is 0.508 e. The van der Waals surface area contributed by atoms with E-state index in [1.165, 1.54) is 54.3 Å². The summed E-state index contributed by atoms with van der Waals surface area (Å²) in [4.78, 5) is 147. The number of anilines is 1. The van der Waals surface area contributed by atoms with Crippen molar-refractivity contribution < 1.29 is 67.7 Å². The first-order chi connectivity index (χ1) is 39.6. The summed E-state index contributed by atoms with van der Waals surface area (Å²) in [6.45, 7) is 15.0. The summed E-state index contributed by atoms with van der Waals surface area (Å²) >= 11 is 0. The molecule has 2 aromatic rings. The van der Waals surface area contributed by atoms with Crippen LogP contribution in [0.1, 0.15) is 137 Å². The fourth-order valence-electron chi connectivity index (χ4n) is 13.3. The van der Waals surface area contributed by atoms with Gasteiger partial charge in [0.25, 0.3) is 17.7 Å². The quantitative estimate of drug-likeness (QED) is 0.0516. The fourth-order valence-corrected chi connectivity index (χ4v) is 13.3. The molecule has 0 unspecified atom stereocenters. The number of phenols is 1. The summed E-state index contributed by atoms with van der Waals surface area (Å²) in [6, 6.07) is 6.36. The van der Waals surface area contributed by atoms with Crippen LogP contribution in [0.3, 0.4) is 0 Å². The first-order valence-electron chi connectivity index (χ1n) is 29.2. The normalized spacial score (nSPS) is 24.8. The molecule has 3 saturated carbocycles. The van der Waals surface area contributed by atoms with Gasteiger partial charge in [-0.15, -0.1) is 0 Å². The van der Waals surface area contributed by atoms with Gasteiger partial charge in [0, 0.05) is 60.2 Å². The maximum atomic E-state index is 13.9. The lowest BCUT2D eigenvalue weighted by Crippen LogP contribution is -2.62. The minimum absolute atomic E-state index is 0.0148. The van der Waals surface area contributed by atoms with Gasteiger partial charge >= 0.3 is 12.1 Å². The van der Waals surface area contributed by atoms with Crippen LogP contribution in [0.15, 0.2) is 72.8 Å². The van der Waals surface area contributed by atoms with Gasteiger partial charge in [0.15, 0.2) is 0 Å². The number of aliphatic carboxylic acids is 1. The molecule has 11 atom stereocenters. The molecule has 7 rings (SSSR count). The highest BCUT2D eigenvalue weighted by Gasteiger charge is 2.62. The summed E-state index contributed by atoms with van der Waals surface area (Å²) in [5.41, 5.74) is 0.378. The zero-order chi connectivity index (χ0) is 61.4. The van der Waals surface area contributed by atoms with Crippen LogP contribution in [0.5, 0.6) is 5.75 Å². The molecule has 0 saturated heterocycles. The van der Waals surface area contributed by atoms with Crippen LogP contribution in [-0.4, -0.2) is 128 Å². The Morgan fingerprint density at radius 2 is 1.37 bits per heavy atom. The Bertz CT molecular complexity index is 2900. The van der Waals surface area contributed by atoms with Crippen LogP contribution in [0.25, 0.3) is 0 Å². The number of carboxylic acids is 1. The molecule has 22 heteroatoms. The van der Waals surface area contributed by atoms with E-state index in [1.54, 1.807) is 38.1 Å². The number of benzene rings is 2. The van der Waals surface area contributed by atoms with Crippen molar-refractivity contribution in [2.75, 3.05) is 11.9 Å². The number of amides is 10. The number of hydrogen-bond acceptors (Lipinski definition) is 13. The predicted octanol–water partition coefficient (Wildman–Crippen LogP) is 5.33. The second-order valence-corrected chi connectivity index (χ2v) is 25.1. The van der Waals surface area contributed by atoms with E-state index in [0.29, 0.717) is 48.6 Å². The monoisotopic (exact) mass is 1160 g/mol. The van der Waals surface area contributed by atoms with Crippen molar-refractivity contribution in [2.24, 2.45) is 40.4 Å². The Kier molecular flexibility index (Phi) is 20.3. The summed E-state index contributed by atoms with van der Waals surface area (Å²) in [6.07, 6.45) is 10.6. The van der Waals surface area contributed by atoms with Gasteiger partial charge in [0.05, 0.1) is 12.5 Å². The average molecular weight is 1160 g/mol. The lowest BCUT2D eigenvalue weighted by molar-refractivity contribution is -0.142. The number of phenolic OH excluding ortho intramolecular Hbond substituents is 1. The number of nitrogens with one attached hydrogen (secondary N) is 6. The number of nitrogens with zero attached hydrogens (tertiary/aromatic N) is 2. The van der Waals surface area contributed by atoms with E-state index < -0.39 is 107 Å². The van der Waals surface area contributed by atoms with Crippen molar-refractivity contribution in [2.45, 2.75) is 175 Å². The highest BCUT2D eigenvalue weighted by atomic mass is 16.6. The molecule has 2 aromatic carbocycles. The van der Waals surface area contributed by atoms with Gasteiger partial charge < -0.3 is 46.9 Å². The Morgan fingerprint density at radius 1 is 0.702 bits per heavy atom. The zero-order valence-electron chi connectivity index (χ0n) is 49.3. The smallest absolute Gasteiger partial charge is 0.417 e. The number of unbranched alkanes of at least 4 members (excludes halogenated alkanes) is 2. The van der Waals surface area contributed by atoms with Crippen LogP contribution in [0, 0.1) is 40.4 Å². The van der Waals surface area contributed by atoms with Crippen LogP contribution < -0.4 is 31.9 Å². The van der Waals surface area contributed by atoms with Crippen molar-refractivity contribution in [3.63, 3.8) is 0 Å². The Balaban J connectivity index is 0.899. The van der Waals surface area contributed by atoms with Crippen molar-refractivity contribution in [3.8, 4) is 5.75 Å². The second kappa shape index (κ2) is 26.8. The number of carboxylic acid groups (broad SMARTS) is 1. The van der Waals surface area contributed by atoms with Crippen LogP contribution in [0.2, 0.25) is 0 Å². The van der Waals surface area contributed by atoms with Gasteiger partial charge in [-0.2, -0.15) is 0 Å². The van der Waals surface area contributed by atoms with Crippen LogP contribution >= 0.6 is 0 Å². The van der Waals surface area contributed by atoms with E-state index in [2.05, 4.69) is 45.7 Å². The van der Waals surface area contributed by atoms with Crippen LogP contribution in [-0.2, 0) is 65.7 Å². The van der Waals surface area contributed by atoms with Gasteiger partial charge in [-0.1, -0.05) is 64.5 Å². The highest BCUT2D eigenvalue weighted by molar-refractivity contribution is 6.13. The molecule has 0 radical (unpaired) electrons. The Hall–Kier alpha value is -7.91. The third-order valence-corrected chi connectivity index (χ3v) is 17.7. The standard InChI is InChI=1S/C62H82N8O14/c1-35(2)53(67-57(81)45(32-37-15-19-40(71)20-16-37)65-48(72)12-10-9-11-31-69-49(73)25-26-50(69)74)58(82)63-36(3)54(78)66-46(33-52(76)77)56(80)64-39-17-13-38(14-18-39)34-84-59(83)70-47-24-21-41-42-22-23-44(55(79)68-60(4,5)6)61(42,7)29-27-43(41)62(47,8)30-28-51(70)75/h13-20,25-26,28,30,35-36,41-47,53,71H,9-12,21-24,27,29,31-34H2,1-8H3,(H,63,82)(H,64,80)(H,65,72)(H,66,78)(H,67,81)(H,68,79)(H,76,77)/t36-,41-,42-,43-,44+,45-,46-,47+,53-,61-,62+/m0/s1. The van der Waals surface area contributed by atoms with E-state index in [9.17, 15) is 63.0 Å². The van der Waals surface area contributed by atoms with Gasteiger partial charge in [-0.3, -0.25) is 52.8 Å². The molecule has 2 aliphatic heterocycles.